The van der Waals surface area contributed by atoms with Gasteiger partial charge in [-0.2, -0.15) is 0 Å². The van der Waals surface area contributed by atoms with Gasteiger partial charge in [0.1, 0.15) is 0 Å². The number of hydrogen-bond donors (Lipinski definition) is 0. The van der Waals surface area contributed by atoms with Crippen molar-refractivity contribution in [2.75, 3.05) is 11.5 Å². The van der Waals surface area contributed by atoms with Gasteiger partial charge in [-0.25, -0.2) is 0 Å². The lowest BCUT2D eigenvalue weighted by molar-refractivity contribution is 0.933. The van der Waals surface area contributed by atoms with Crippen molar-refractivity contribution < 1.29 is 0 Å². The van der Waals surface area contributed by atoms with E-state index in [1.165, 1.54) is 28.1 Å². The van der Waals surface area contributed by atoms with Gasteiger partial charge in [0.25, 0.3) is 0 Å². The van der Waals surface area contributed by atoms with Gasteiger partial charge < -0.3 is 4.57 Å². The van der Waals surface area contributed by atoms with Gasteiger partial charge in [0.15, 0.2) is 0 Å². The maximum absolute atomic E-state index is 4.09. The van der Waals surface area contributed by atoms with Crippen LogP contribution < -0.4 is 0 Å². The molecule has 0 spiro atoms. The number of aromatic nitrogens is 1. The summed E-state index contributed by atoms with van der Waals surface area (Å²) in [5, 5.41) is 0. The highest BCUT2D eigenvalue weighted by atomic mass is 32.2. The molecule has 2 aromatic rings. The van der Waals surface area contributed by atoms with Crippen LogP contribution in [0.1, 0.15) is 35.3 Å². The first-order valence-electron chi connectivity index (χ1n) is 7.98. The van der Waals surface area contributed by atoms with Crippen LogP contribution in [-0.4, -0.2) is 16.1 Å². The molecular formula is C19H23NS2. The quantitative estimate of drug-likeness (QED) is 0.612. The van der Waals surface area contributed by atoms with Crippen LogP contribution in [0.4, 0.5) is 0 Å². The Bertz CT molecular complexity index is 666. The minimum atomic E-state index is 0.491. The molecule has 3 rings (SSSR count). The second-order valence-corrected chi connectivity index (χ2v) is 8.46. The molecule has 1 aromatic heterocycles. The molecular weight excluding hydrogens is 306 g/mol. The van der Waals surface area contributed by atoms with Gasteiger partial charge in [0, 0.05) is 17.5 Å². The minimum Gasteiger partial charge on any atom is -0.319 e. The van der Waals surface area contributed by atoms with Crippen molar-refractivity contribution in [3.63, 3.8) is 0 Å². The van der Waals surface area contributed by atoms with Gasteiger partial charge in [0.2, 0.25) is 0 Å². The Hall–Kier alpha value is -1.06. The normalized spacial score (nSPS) is 13.0. The van der Waals surface area contributed by atoms with Crippen LogP contribution in [0.15, 0.2) is 36.9 Å². The van der Waals surface area contributed by atoms with E-state index in [0.717, 1.165) is 24.3 Å². The summed E-state index contributed by atoms with van der Waals surface area (Å²) < 4.78 is 2.83. The first-order valence-corrected chi connectivity index (χ1v) is 10.1. The zero-order valence-electron chi connectivity index (χ0n) is 13.3. The SMILES string of the molecule is C=Cn1c(C(SCC)SCC)cc2c1-c1ccccc1CC2. The Balaban J connectivity index is 2.12. The molecule has 22 heavy (non-hydrogen) atoms. The number of aryl methyl sites for hydroxylation is 2. The second kappa shape index (κ2) is 7.01. The van der Waals surface area contributed by atoms with Crippen LogP contribution in [0.2, 0.25) is 0 Å². The number of rotatable bonds is 6. The number of benzene rings is 1. The monoisotopic (exact) mass is 329 g/mol. The molecule has 0 unspecified atom stereocenters. The average Bonchev–Trinajstić information content (AvgIpc) is 2.93. The molecule has 0 N–H and O–H groups in total. The molecule has 0 bridgehead atoms. The van der Waals surface area contributed by atoms with Gasteiger partial charge in [-0.3, -0.25) is 0 Å². The summed E-state index contributed by atoms with van der Waals surface area (Å²) in [6, 6.07) is 11.2. The molecule has 1 heterocycles. The predicted molar refractivity (Wildman–Crippen MR) is 103 cm³/mol. The van der Waals surface area contributed by atoms with Gasteiger partial charge in [-0.15, -0.1) is 23.5 Å². The first kappa shape index (κ1) is 15.8. The Morgan fingerprint density at radius 2 is 1.82 bits per heavy atom. The fourth-order valence-corrected chi connectivity index (χ4v) is 5.74. The van der Waals surface area contributed by atoms with Gasteiger partial charge in [0.05, 0.1) is 10.3 Å². The Morgan fingerprint density at radius 1 is 1.14 bits per heavy atom. The molecule has 0 amide bonds. The molecule has 0 fully saturated rings. The van der Waals surface area contributed by atoms with Crippen LogP contribution in [0.25, 0.3) is 17.5 Å². The molecule has 0 saturated carbocycles. The van der Waals surface area contributed by atoms with Gasteiger partial charge in [-0.05, 0) is 41.5 Å². The zero-order valence-corrected chi connectivity index (χ0v) is 15.0. The molecule has 0 aliphatic heterocycles. The number of hydrogen-bond acceptors (Lipinski definition) is 2. The fraction of sp³-hybridized carbons (Fsp3) is 0.368. The highest BCUT2D eigenvalue weighted by Gasteiger charge is 2.25. The molecule has 0 saturated heterocycles. The summed E-state index contributed by atoms with van der Waals surface area (Å²) in [4.78, 5) is 0. The summed E-state index contributed by atoms with van der Waals surface area (Å²) in [5.41, 5.74) is 7.09. The van der Waals surface area contributed by atoms with E-state index in [4.69, 9.17) is 0 Å². The van der Waals surface area contributed by atoms with Gasteiger partial charge >= 0.3 is 0 Å². The van der Waals surface area contributed by atoms with Gasteiger partial charge in [-0.1, -0.05) is 44.7 Å². The molecule has 1 nitrogen and oxygen atoms in total. The average molecular weight is 330 g/mol. The maximum atomic E-state index is 4.09. The van der Waals surface area contributed by atoms with Crippen molar-refractivity contribution in [3.8, 4) is 11.3 Å². The smallest absolute Gasteiger partial charge is 0.0905 e. The maximum Gasteiger partial charge on any atom is 0.0905 e. The standard InChI is InChI=1S/C19H23NS2/c1-4-20-17(19(21-5-2)22-6-3)13-15-12-11-14-9-7-8-10-16(14)18(15)20/h4,7-10,13,19H,1,5-6,11-12H2,2-3H3. The summed E-state index contributed by atoms with van der Waals surface area (Å²) in [7, 11) is 0. The molecule has 116 valence electrons. The highest BCUT2D eigenvalue weighted by molar-refractivity contribution is 8.16. The summed E-state index contributed by atoms with van der Waals surface area (Å²) >= 11 is 4.05. The summed E-state index contributed by atoms with van der Waals surface area (Å²) in [6.45, 7) is 8.57. The Labute approximate surface area is 142 Å². The number of thioether (sulfide) groups is 2. The molecule has 0 atom stereocenters. The Kier molecular flexibility index (Phi) is 5.04. The molecule has 3 heteroatoms. The van der Waals surface area contributed by atoms with Crippen LogP contribution in [0.5, 0.6) is 0 Å². The largest absolute Gasteiger partial charge is 0.319 e. The number of nitrogens with zero attached hydrogens (tertiary/aromatic N) is 1. The fourth-order valence-electron chi connectivity index (χ4n) is 3.23. The molecule has 1 aromatic carbocycles. The molecule has 1 aliphatic carbocycles. The van der Waals surface area contributed by atoms with Crippen LogP contribution in [0, 0.1) is 0 Å². The lowest BCUT2D eigenvalue weighted by Crippen LogP contribution is -2.05. The van der Waals surface area contributed by atoms with E-state index in [2.05, 4.69) is 55.3 Å². The Morgan fingerprint density at radius 3 is 2.50 bits per heavy atom. The van der Waals surface area contributed by atoms with E-state index in [-0.39, 0.29) is 0 Å². The second-order valence-electron chi connectivity index (χ2n) is 5.40. The van der Waals surface area contributed by atoms with E-state index in [1.807, 2.05) is 29.7 Å². The topological polar surface area (TPSA) is 4.93 Å². The summed E-state index contributed by atoms with van der Waals surface area (Å²) in [6.07, 6.45) is 4.28. The van der Waals surface area contributed by atoms with Crippen molar-refractivity contribution >= 4 is 29.7 Å². The van der Waals surface area contributed by atoms with Crippen molar-refractivity contribution in [1.29, 1.82) is 0 Å². The van der Waals surface area contributed by atoms with Crippen molar-refractivity contribution in [1.82, 2.24) is 4.57 Å². The van der Waals surface area contributed by atoms with Crippen LogP contribution >= 0.6 is 23.5 Å². The molecule has 0 radical (unpaired) electrons. The zero-order chi connectivity index (χ0) is 15.5. The van der Waals surface area contributed by atoms with E-state index >= 15 is 0 Å². The van der Waals surface area contributed by atoms with E-state index in [0.29, 0.717) is 4.58 Å². The van der Waals surface area contributed by atoms with Crippen LogP contribution in [-0.2, 0) is 12.8 Å². The third-order valence-corrected chi connectivity index (χ3v) is 6.71. The van der Waals surface area contributed by atoms with Crippen molar-refractivity contribution in [2.45, 2.75) is 31.3 Å². The summed E-state index contributed by atoms with van der Waals surface area (Å²) in [5.74, 6) is 2.28. The minimum absolute atomic E-state index is 0.491. The van der Waals surface area contributed by atoms with Crippen LogP contribution in [0.3, 0.4) is 0 Å². The van der Waals surface area contributed by atoms with Crippen molar-refractivity contribution in [2.24, 2.45) is 0 Å². The third-order valence-electron chi connectivity index (χ3n) is 4.14. The lowest BCUT2D eigenvalue weighted by atomic mass is 9.90. The van der Waals surface area contributed by atoms with E-state index in [9.17, 15) is 0 Å². The highest BCUT2D eigenvalue weighted by Crippen LogP contribution is 2.44. The van der Waals surface area contributed by atoms with Crippen molar-refractivity contribution in [3.05, 3.63) is 53.7 Å². The lowest BCUT2D eigenvalue weighted by Gasteiger charge is -2.20. The third kappa shape index (κ3) is 2.77. The van der Waals surface area contributed by atoms with E-state index < -0.39 is 0 Å². The molecule has 1 aliphatic rings. The van der Waals surface area contributed by atoms with E-state index in [1.54, 1.807) is 0 Å². The number of fused-ring (bicyclic) bond motifs is 3. The predicted octanol–water partition coefficient (Wildman–Crippen LogP) is 5.86. The first-order chi connectivity index (χ1) is 10.8.